The summed E-state index contributed by atoms with van der Waals surface area (Å²) in [5.41, 5.74) is 2.25. The molecule has 0 aromatic carbocycles. The van der Waals surface area contributed by atoms with E-state index in [1.165, 1.54) is 69.2 Å². The zero-order valence-corrected chi connectivity index (χ0v) is 48.0. The first-order valence-corrected chi connectivity index (χ1v) is 27.5. The smallest absolute Gasteiger partial charge is 0.350 e. The number of ether oxygens (including phenoxy) is 3. The summed E-state index contributed by atoms with van der Waals surface area (Å²) < 4.78 is 56.4. The van der Waals surface area contributed by atoms with Crippen molar-refractivity contribution in [2.24, 2.45) is 0 Å². The maximum Gasteiger partial charge on any atom is 0.350 e. The molecule has 28 heteroatoms. The van der Waals surface area contributed by atoms with E-state index in [2.05, 4.69) is 46.2 Å². The molecule has 0 bridgehead atoms. The lowest BCUT2D eigenvalue weighted by Gasteiger charge is -2.29. The SMILES string of the molecule is CC(C)(C)OC(=O)C(C)(C)Oc1cc(C2CC2)cn2cc(Cn3cc(C(=O)NCc4ncn5ccc(Cl)c(F)c45)nn3)nc12.CC(C)(Oc1cc(C2CC2)cn2cc(Cn3cc(C(=O)NCc4ncn5ccc(Cl)c(F)c45)nn3)nc12)C(=O)O. The van der Waals surface area contributed by atoms with Gasteiger partial charge in [-0.15, -0.1) is 10.2 Å². The number of rotatable bonds is 18. The van der Waals surface area contributed by atoms with E-state index in [-0.39, 0.29) is 58.6 Å². The summed E-state index contributed by atoms with van der Waals surface area (Å²) in [4.78, 5) is 67.8. The van der Waals surface area contributed by atoms with Crippen LogP contribution in [0.2, 0.25) is 10.0 Å². The van der Waals surface area contributed by atoms with Gasteiger partial charge in [-0.3, -0.25) is 9.59 Å². The second kappa shape index (κ2) is 21.9. The van der Waals surface area contributed by atoms with Crippen molar-refractivity contribution in [2.45, 2.75) is 129 Å². The Morgan fingerprint density at radius 3 is 1.46 bits per heavy atom. The number of carbonyl (C=O) groups excluding carboxylic acids is 3. The average molecular weight is 1190 g/mol. The normalized spacial score (nSPS) is 13.8. The minimum absolute atomic E-state index is 0.0301. The first-order chi connectivity index (χ1) is 39.9. The van der Waals surface area contributed by atoms with Crippen LogP contribution in [0.5, 0.6) is 11.5 Å². The standard InChI is InChI=1S/C30H32ClFN8O4.C26H24ClFN8O4/c1-29(2,3)44-28(42)30(4,5)43-23-10-18(17-6-7-17)12-39-13-19(35-26(23)39)14-40-15-22(36-37-40)27(41)33-11-21-25-24(32)20(31)8-9-38(25)16-34-21;1-26(2,25(38)39)40-20-7-15(14-3-4-14)9-35-10-16(31-23(20)35)11-36-12-19(32-33-36)24(37)29-8-18-22-21(28)17(27)5-6-34(22)13-30-18/h8-10,12-13,15-17H,6-7,11,14H2,1-5H3,(H,33,41);5-7,9-10,12-14H,3-4,8,11H2,1-2H3,(H,29,37)(H,38,39). The molecule has 0 spiro atoms. The van der Waals surface area contributed by atoms with Crippen molar-refractivity contribution >= 4 is 69.3 Å². The Balaban J connectivity index is 0.000000176. The molecule has 2 aliphatic rings. The van der Waals surface area contributed by atoms with E-state index in [1.54, 1.807) is 26.2 Å². The number of imidazole rings is 4. The monoisotopic (exact) mass is 1190 g/mol. The number of aromatic nitrogens is 14. The van der Waals surface area contributed by atoms with Gasteiger partial charge in [0.05, 0.1) is 84.0 Å². The van der Waals surface area contributed by atoms with E-state index in [1.807, 2.05) is 66.5 Å². The van der Waals surface area contributed by atoms with Crippen LogP contribution in [0.25, 0.3) is 22.3 Å². The summed E-state index contributed by atoms with van der Waals surface area (Å²) in [5.74, 6) is -2.10. The predicted octanol–water partition coefficient (Wildman–Crippen LogP) is 8.18. The molecule has 2 amide bonds. The molecule has 0 unspecified atom stereocenters. The Bertz CT molecular complexity index is 4220. The molecule has 10 aromatic rings. The van der Waals surface area contributed by atoms with Crippen LogP contribution in [-0.2, 0) is 40.5 Å². The van der Waals surface area contributed by atoms with Gasteiger partial charge >= 0.3 is 11.9 Å². The highest BCUT2D eigenvalue weighted by molar-refractivity contribution is 6.31. The van der Waals surface area contributed by atoms with Crippen LogP contribution in [0.3, 0.4) is 0 Å². The molecule has 0 saturated heterocycles. The highest BCUT2D eigenvalue weighted by atomic mass is 35.5. The third-order valence-electron chi connectivity index (χ3n) is 13.8. The molecule has 436 valence electrons. The Morgan fingerprint density at radius 2 is 1.06 bits per heavy atom. The number of halogens is 4. The molecule has 0 atom stereocenters. The highest BCUT2D eigenvalue weighted by Gasteiger charge is 2.37. The molecule has 84 heavy (non-hydrogen) atoms. The number of carbonyl (C=O) groups is 4. The van der Waals surface area contributed by atoms with Gasteiger partial charge in [-0.1, -0.05) is 33.6 Å². The van der Waals surface area contributed by atoms with E-state index in [4.69, 9.17) is 42.4 Å². The zero-order valence-electron chi connectivity index (χ0n) is 46.5. The third kappa shape index (κ3) is 12.2. The maximum atomic E-state index is 14.5. The number of carboxylic acids is 1. The number of pyridine rings is 4. The van der Waals surface area contributed by atoms with Gasteiger partial charge < -0.3 is 47.6 Å². The molecule has 0 radical (unpaired) electrons. The average Bonchev–Trinajstić information content (AvgIpc) is 2.39. The molecular formula is C56H56Cl2F2N16O8. The van der Waals surface area contributed by atoms with Gasteiger partial charge in [0.25, 0.3) is 11.8 Å². The van der Waals surface area contributed by atoms with Crippen molar-refractivity contribution in [1.82, 2.24) is 78.2 Å². The summed E-state index contributed by atoms with van der Waals surface area (Å²) in [6.45, 7) is 12.1. The van der Waals surface area contributed by atoms with E-state index >= 15 is 0 Å². The fourth-order valence-electron chi connectivity index (χ4n) is 9.13. The minimum atomic E-state index is -1.44. The van der Waals surface area contributed by atoms with Crippen molar-refractivity contribution in [3.05, 3.63) is 153 Å². The van der Waals surface area contributed by atoms with E-state index in [0.29, 0.717) is 57.4 Å². The highest BCUT2D eigenvalue weighted by Crippen LogP contribution is 2.43. The topological polar surface area (TPSA) is 271 Å². The molecule has 10 heterocycles. The van der Waals surface area contributed by atoms with Gasteiger partial charge in [-0.05, 0) is 121 Å². The number of aliphatic carboxylic acids is 1. The second-order valence-electron chi connectivity index (χ2n) is 22.6. The molecule has 10 aromatic heterocycles. The molecule has 2 saturated carbocycles. The van der Waals surface area contributed by atoms with Gasteiger partial charge in [-0.2, -0.15) is 0 Å². The van der Waals surface area contributed by atoms with Crippen molar-refractivity contribution in [2.75, 3.05) is 0 Å². The van der Waals surface area contributed by atoms with Gasteiger partial charge in [-0.25, -0.2) is 47.7 Å². The van der Waals surface area contributed by atoms with E-state index < -0.39 is 52.2 Å². The number of nitrogens with zero attached hydrogens (tertiary/aromatic N) is 14. The molecule has 2 aliphatic carbocycles. The maximum absolute atomic E-state index is 14.5. The Morgan fingerprint density at radius 1 is 0.631 bits per heavy atom. The van der Waals surface area contributed by atoms with Crippen LogP contribution in [0, 0.1) is 11.6 Å². The predicted molar refractivity (Wildman–Crippen MR) is 298 cm³/mol. The number of nitrogens with one attached hydrogen (secondary N) is 2. The summed E-state index contributed by atoms with van der Waals surface area (Å²) in [6.07, 6.45) is 21.0. The van der Waals surface area contributed by atoms with Crippen molar-refractivity contribution in [3.63, 3.8) is 0 Å². The Labute approximate surface area is 486 Å². The summed E-state index contributed by atoms with van der Waals surface area (Å²) >= 11 is 11.8. The summed E-state index contributed by atoms with van der Waals surface area (Å²) in [6, 6.07) is 6.65. The summed E-state index contributed by atoms with van der Waals surface area (Å²) in [7, 11) is 0. The molecule has 0 aliphatic heterocycles. The van der Waals surface area contributed by atoms with Gasteiger partial charge in [0, 0.05) is 37.2 Å². The molecular weight excluding hydrogens is 1130 g/mol. The van der Waals surface area contributed by atoms with Crippen molar-refractivity contribution in [1.29, 1.82) is 0 Å². The number of hydrogen-bond donors (Lipinski definition) is 3. The van der Waals surface area contributed by atoms with Crippen LogP contribution in [-0.4, -0.2) is 113 Å². The summed E-state index contributed by atoms with van der Waals surface area (Å²) in [5, 5.41) is 30.9. The first kappa shape index (κ1) is 56.8. The van der Waals surface area contributed by atoms with Crippen LogP contribution in [0.1, 0.15) is 141 Å². The van der Waals surface area contributed by atoms with Crippen LogP contribution in [0.4, 0.5) is 8.78 Å². The third-order valence-corrected chi connectivity index (χ3v) is 14.4. The molecule has 12 rings (SSSR count). The van der Waals surface area contributed by atoms with Gasteiger partial charge in [0.1, 0.15) is 16.6 Å². The van der Waals surface area contributed by atoms with Crippen LogP contribution < -0.4 is 20.1 Å². The largest absolute Gasteiger partial charge is 0.478 e. The van der Waals surface area contributed by atoms with Gasteiger partial charge in [0.15, 0.2) is 57.0 Å². The lowest BCUT2D eigenvalue weighted by Crippen LogP contribution is -2.43. The first-order valence-electron chi connectivity index (χ1n) is 26.7. The Hall–Kier alpha value is -9.04. The fourth-order valence-corrected chi connectivity index (χ4v) is 9.42. The van der Waals surface area contributed by atoms with Crippen molar-refractivity contribution < 1.29 is 47.3 Å². The Kier molecular flexibility index (Phi) is 14.8. The van der Waals surface area contributed by atoms with Gasteiger partial charge in [0.2, 0.25) is 0 Å². The quantitative estimate of drug-likeness (QED) is 0.0683. The van der Waals surface area contributed by atoms with Crippen molar-refractivity contribution in [3.8, 4) is 11.5 Å². The molecule has 24 nitrogen and oxygen atoms in total. The van der Waals surface area contributed by atoms with E-state index in [9.17, 15) is 33.1 Å². The molecule has 2 fully saturated rings. The molecule has 3 N–H and O–H groups in total. The number of hydrogen-bond acceptors (Lipinski definition) is 15. The fraction of sp³-hybridized carbons (Fsp3) is 0.357. The minimum Gasteiger partial charge on any atom is -0.478 e. The second-order valence-corrected chi connectivity index (χ2v) is 23.4. The van der Waals surface area contributed by atoms with Crippen LogP contribution in [0.15, 0.2) is 86.5 Å². The number of carboxylic acid groups (broad SMARTS) is 1. The lowest BCUT2D eigenvalue weighted by molar-refractivity contribution is -0.170. The number of esters is 1. The number of amides is 2. The lowest BCUT2D eigenvalue weighted by atomic mass is 10.1. The van der Waals surface area contributed by atoms with Crippen LogP contribution >= 0.6 is 23.2 Å². The zero-order chi connectivity index (χ0) is 59.6. The number of fused-ring (bicyclic) bond motifs is 4. The van der Waals surface area contributed by atoms with E-state index in [0.717, 1.165) is 36.8 Å².